The molecule has 3 rings (SSSR count). The third-order valence-corrected chi connectivity index (χ3v) is 5.18. The van der Waals surface area contributed by atoms with Crippen LogP contribution in [0.15, 0.2) is 36.4 Å². The predicted octanol–water partition coefficient (Wildman–Crippen LogP) is 6.02. The summed E-state index contributed by atoms with van der Waals surface area (Å²) in [5.74, 6) is -1.41. The molecule has 122 valence electrons. The van der Waals surface area contributed by atoms with Crippen molar-refractivity contribution in [3.05, 3.63) is 53.6 Å². The second kappa shape index (κ2) is 6.69. The van der Waals surface area contributed by atoms with Crippen molar-refractivity contribution in [2.24, 2.45) is 5.92 Å². The van der Waals surface area contributed by atoms with Gasteiger partial charge in [0.25, 0.3) is 0 Å². The van der Waals surface area contributed by atoms with Crippen LogP contribution in [0.4, 0.5) is 8.78 Å². The lowest BCUT2D eigenvalue weighted by atomic mass is 9.77. The Bertz CT molecular complexity index is 671. The van der Waals surface area contributed by atoms with E-state index in [4.69, 9.17) is 0 Å². The lowest BCUT2D eigenvalue weighted by molar-refractivity contribution is 0.319. The number of benzene rings is 2. The highest BCUT2D eigenvalue weighted by molar-refractivity contribution is 5.65. The fraction of sp³-hybridized carbons (Fsp3) is 0.400. The van der Waals surface area contributed by atoms with Gasteiger partial charge in [0.05, 0.1) is 0 Å². The molecule has 1 N–H and O–H groups in total. The van der Waals surface area contributed by atoms with Gasteiger partial charge in [0.2, 0.25) is 5.82 Å². The molecule has 0 aromatic heterocycles. The monoisotopic (exact) mass is 316 g/mol. The highest BCUT2D eigenvalue weighted by Crippen LogP contribution is 2.38. The molecule has 3 heteroatoms. The lowest BCUT2D eigenvalue weighted by Crippen LogP contribution is -2.12. The maximum atomic E-state index is 14.0. The number of hydrogen-bond acceptors (Lipinski definition) is 1. The van der Waals surface area contributed by atoms with Crippen LogP contribution < -0.4 is 0 Å². The predicted molar refractivity (Wildman–Crippen MR) is 88.4 cm³/mol. The topological polar surface area (TPSA) is 20.2 Å². The van der Waals surface area contributed by atoms with Crippen molar-refractivity contribution in [1.82, 2.24) is 0 Å². The zero-order valence-corrected chi connectivity index (χ0v) is 13.4. The van der Waals surface area contributed by atoms with Crippen LogP contribution in [-0.2, 0) is 0 Å². The van der Waals surface area contributed by atoms with Crippen molar-refractivity contribution < 1.29 is 13.9 Å². The van der Waals surface area contributed by atoms with Crippen molar-refractivity contribution in [3.63, 3.8) is 0 Å². The maximum Gasteiger partial charge on any atom is 0.200 e. The Kier molecular flexibility index (Phi) is 4.65. The van der Waals surface area contributed by atoms with Crippen molar-refractivity contribution in [2.45, 2.75) is 44.9 Å². The first-order valence-corrected chi connectivity index (χ1v) is 8.37. The number of hydrogen-bond donors (Lipinski definition) is 1. The third kappa shape index (κ3) is 3.24. The molecule has 1 saturated carbocycles. The lowest BCUT2D eigenvalue weighted by Gasteiger charge is -2.28. The van der Waals surface area contributed by atoms with Crippen LogP contribution in [0.1, 0.15) is 50.5 Å². The summed E-state index contributed by atoms with van der Waals surface area (Å²) in [7, 11) is 0. The fourth-order valence-corrected chi connectivity index (χ4v) is 3.60. The summed E-state index contributed by atoms with van der Waals surface area (Å²) in [4.78, 5) is 0. The fourth-order valence-electron chi connectivity index (χ4n) is 3.60. The Balaban J connectivity index is 1.79. The molecule has 0 radical (unpaired) electrons. The van der Waals surface area contributed by atoms with Gasteiger partial charge in [-0.1, -0.05) is 37.6 Å². The van der Waals surface area contributed by atoms with Gasteiger partial charge >= 0.3 is 0 Å². The summed E-state index contributed by atoms with van der Waals surface area (Å²) in [6.07, 6.45) is 6.24. The summed E-state index contributed by atoms with van der Waals surface area (Å²) >= 11 is 0. The first-order valence-electron chi connectivity index (χ1n) is 8.37. The van der Waals surface area contributed by atoms with E-state index in [9.17, 15) is 13.9 Å². The smallest absolute Gasteiger partial charge is 0.200 e. The summed E-state index contributed by atoms with van der Waals surface area (Å²) in [5.41, 5.74) is 2.09. The molecule has 2 aromatic rings. The maximum absolute atomic E-state index is 14.0. The van der Waals surface area contributed by atoms with Crippen LogP contribution in [0.2, 0.25) is 0 Å². The number of rotatable bonds is 3. The Morgan fingerprint density at radius 1 is 0.913 bits per heavy atom. The molecule has 0 unspecified atom stereocenters. The highest BCUT2D eigenvalue weighted by atomic mass is 19.2. The molecule has 0 atom stereocenters. The first kappa shape index (κ1) is 16.0. The van der Waals surface area contributed by atoms with Gasteiger partial charge in [-0.05, 0) is 60.8 Å². The van der Waals surface area contributed by atoms with E-state index in [1.54, 1.807) is 0 Å². The molecule has 2 aromatic carbocycles. The molecule has 0 spiro atoms. The molecule has 0 aliphatic heterocycles. The first-order chi connectivity index (χ1) is 11.1. The van der Waals surface area contributed by atoms with Crippen LogP contribution in [0, 0.1) is 17.6 Å². The number of halogens is 2. The van der Waals surface area contributed by atoms with Crippen molar-refractivity contribution >= 4 is 0 Å². The van der Waals surface area contributed by atoms with Crippen molar-refractivity contribution in [1.29, 1.82) is 0 Å². The highest BCUT2D eigenvalue weighted by Gasteiger charge is 2.21. The quantitative estimate of drug-likeness (QED) is 0.734. The Hall–Kier alpha value is -1.90. The third-order valence-electron chi connectivity index (χ3n) is 5.18. The van der Waals surface area contributed by atoms with Gasteiger partial charge in [-0.15, -0.1) is 0 Å². The van der Waals surface area contributed by atoms with Crippen LogP contribution in [-0.4, -0.2) is 5.11 Å². The van der Waals surface area contributed by atoms with E-state index in [-0.39, 0.29) is 5.56 Å². The second-order valence-corrected chi connectivity index (χ2v) is 6.51. The Morgan fingerprint density at radius 2 is 1.57 bits per heavy atom. The standard InChI is InChI=1S/C20H22F2O/c1-2-13-3-5-14(6-4-13)15-7-9-16(10-8-15)17-11-12-18(23)20(22)19(17)21/h7-14,23H,2-6H2,1H3/t13-,14-. The Morgan fingerprint density at radius 3 is 2.17 bits per heavy atom. The minimum Gasteiger partial charge on any atom is -0.505 e. The van der Waals surface area contributed by atoms with E-state index >= 15 is 0 Å². The largest absolute Gasteiger partial charge is 0.505 e. The summed E-state index contributed by atoms with van der Waals surface area (Å²) < 4.78 is 27.4. The van der Waals surface area contributed by atoms with E-state index in [1.165, 1.54) is 49.8 Å². The van der Waals surface area contributed by atoms with Gasteiger partial charge < -0.3 is 5.11 Å². The molecule has 0 heterocycles. The van der Waals surface area contributed by atoms with Crippen LogP contribution in [0.3, 0.4) is 0 Å². The molecule has 0 saturated heterocycles. The zero-order chi connectivity index (χ0) is 16.4. The molecule has 1 fully saturated rings. The van der Waals surface area contributed by atoms with Crippen LogP contribution in [0.25, 0.3) is 11.1 Å². The molecule has 1 aliphatic carbocycles. The average Bonchev–Trinajstić information content (AvgIpc) is 2.60. The van der Waals surface area contributed by atoms with E-state index < -0.39 is 17.4 Å². The van der Waals surface area contributed by atoms with E-state index in [0.717, 1.165) is 5.92 Å². The zero-order valence-electron chi connectivity index (χ0n) is 13.4. The van der Waals surface area contributed by atoms with Crippen LogP contribution in [0.5, 0.6) is 5.75 Å². The number of phenolic OH excluding ortho intramolecular Hbond substituents is 1. The van der Waals surface area contributed by atoms with Gasteiger partial charge in [-0.25, -0.2) is 4.39 Å². The van der Waals surface area contributed by atoms with Gasteiger partial charge in [0.15, 0.2) is 11.6 Å². The minimum absolute atomic E-state index is 0.182. The summed E-state index contributed by atoms with van der Waals surface area (Å²) in [6, 6.07) is 10.3. The normalized spacial score (nSPS) is 21.3. The van der Waals surface area contributed by atoms with Crippen molar-refractivity contribution in [3.8, 4) is 16.9 Å². The van der Waals surface area contributed by atoms with Gasteiger partial charge in [0, 0.05) is 5.56 Å². The summed E-state index contributed by atoms with van der Waals surface area (Å²) in [5, 5.41) is 9.21. The average molecular weight is 316 g/mol. The van der Waals surface area contributed by atoms with E-state index in [1.807, 2.05) is 24.3 Å². The van der Waals surface area contributed by atoms with Gasteiger partial charge in [-0.2, -0.15) is 4.39 Å². The summed E-state index contributed by atoms with van der Waals surface area (Å²) in [6.45, 7) is 2.26. The molecule has 0 amide bonds. The number of aromatic hydroxyl groups is 1. The van der Waals surface area contributed by atoms with Gasteiger partial charge in [0.1, 0.15) is 0 Å². The number of phenols is 1. The van der Waals surface area contributed by atoms with E-state index in [0.29, 0.717) is 11.5 Å². The Labute approximate surface area is 136 Å². The minimum atomic E-state index is -1.19. The van der Waals surface area contributed by atoms with Gasteiger partial charge in [-0.3, -0.25) is 0 Å². The molecule has 0 bridgehead atoms. The van der Waals surface area contributed by atoms with Crippen molar-refractivity contribution in [2.75, 3.05) is 0 Å². The molecule has 1 nitrogen and oxygen atoms in total. The molecular formula is C20H22F2O. The molecular weight excluding hydrogens is 294 g/mol. The van der Waals surface area contributed by atoms with E-state index in [2.05, 4.69) is 6.92 Å². The van der Waals surface area contributed by atoms with Crippen LogP contribution >= 0.6 is 0 Å². The molecule has 1 aliphatic rings. The SMILES string of the molecule is CC[C@H]1CC[C@H](c2ccc(-c3ccc(O)c(F)c3F)cc2)CC1. The second-order valence-electron chi connectivity index (χ2n) is 6.51. The molecule has 23 heavy (non-hydrogen) atoms.